The molecule has 0 spiro atoms. The first-order valence-electron chi connectivity index (χ1n) is 8.07. The van der Waals surface area contributed by atoms with Crippen molar-refractivity contribution in [3.8, 4) is 11.5 Å². The average molecular weight is 377 g/mol. The summed E-state index contributed by atoms with van der Waals surface area (Å²) < 4.78 is 15.4. The highest BCUT2D eigenvalue weighted by atomic mass is 32.1. The fourth-order valence-electron chi connectivity index (χ4n) is 2.32. The quantitative estimate of drug-likeness (QED) is 0.681. The summed E-state index contributed by atoms with van der Waals surface area (Å²) in [6.45, 7) is 1.32. The lowest BCUT2D eigenvalue weighted by Crippen LogP contribution is -2.26. The van der Waals surface area contributed by atoms with E-state index >= 15 is 0 Å². The Morgan fingerprint density at radius 1 is 1.31 bits per heavy atom. The van der Waals surface area contributed by atoms with Gasteiger partial charge in [-0.3, -0.25) is 14.9 Å². The van der Waals surface area contributed by atoms with Gasteiger partial charge in [-0.05, 0) is 24.6 Å². The number of benzene rings is 1. The number of carbonyl (C=O) groups excluding carboxylic acids is 2. The second kappa shape index (κ2) is 8.63. The number of amides is 2. The summed E-state index contributed by atoms with van der Waals surface area (Å²) in [5, 5.41) is 7.72. The zero-order valence-electron chi connectivity index (χ0n) is 14.2. The zero-order chi connectivity index (χ0) is 18.4. The van der Waals surface area contributed by atoms with Crippen molar-refractivity contribution in [1.82, 2.24) is 10.3 Å². The summed E-state index contributed by atoms with van der Waals surface area (Å²) in [4.78, 5) is 28.4. The number of methoxy groups -OCH3 is 1. The van der Waals surface area contributed by atoms with E-state index in [2.05, 4.69) is 15.6 Å². The van der Waals surface area contributed by atoms with Crippen molar-refractivity contribution < 1.29 is 23.8 Å². The number of nitrogens with zero attached hydrogens (tertiary/aromatic N) is 1. The van der Waals surface area contributed by atoms with E-state index in [4.69, 9.17) is 14.2 Å². The Morgan fingerprint density at radius 2 is 2.15 bits per heavy atom. The van der Waals surface area contributed by atoms with Gasteiger partial charge in [-0.2, -0.15) is 0 Å². The molecule has 0 saturated carbocycles. The molecule has 9 heteroatoms. The van der Waals surface area contributed by atoms with Crippen LogP contribution in [0.4, 0.5) is 5.13 Å². The predicted octanol–water partition coefficient (Wildman–Crippen LogP) is 1.82. The Bertz CT molecular complexity index is 792. The van der Waals surface area contributed by atoms with Gasteiger partial charge < -0.3 is 19.5 Å². The SMILES string of the molecule is COCCCNC(=O)Cc1csc(NC(=O)c2ccc3c(c2)OCO3)n1. The van der Waals surface area contributed by atoms with Gasteiger partial charge in [0.05, 0.1) is 12.1 Å². The first kappa shape index (κ1) is 18.2. The summed E-state index contributed by atoms with van der Waals surface area (Å²) in [6, 6.07) is 4.98. The van der Waals surface area contributed by atoms with E-state index in [1.54, 1.807) is 30.7 Å². The maximum atomic E-state index is 12.3. The van der Waals surface area contributed by atoms with Crippen molar-refractivity contribution in [2.75, 3.05) is 32.4 Å². The molecule has 2 amide bonds. The fourth-order valence-corrected chi connectivity index (χ4v) is 3.03. The maximum Gasteiger partial charge on any atom is 0.257 e. The van der Waals surface area contributed by atoms with E-state index in [9.17, 15) is 9.59 Å². The van der Waals surface area contributed by atoms with E-state index in [-0.39, 0.29) is 25.0 Å². The summed E-state index contributed by atoms with van der Waals surface area (Å²) >= 11 is 1.27. The third-order valence-corrected chi connectivity index (χ3v) is 4.40. The number of nitrogens with one attached hydrogen (secondary N) is 2. The number of aromatic nitrogens is 1. The Hall–Kier alpha value is -2.65. The lowest BCUT2D eigenvalue weighted by Gasteiger charge is -2.04. The Kier molecular flexibility index (Phi) is 6.03. The van der Waals surface area contributed by atoms with Crippen LogP contribution < -0.4 is 20.1 Å². The molecule has 0 bridgehead atoms. The van der Waals surface area contributed by atoms with Crippen molar-refractivity contribution in [2.24, 2.45) is 0 Å². The van der Waals surface area contributed by atoms with Gasteiger partial charge in [0.15, 0.2) is 16.6 Å². The lowest BCUT2D eigenvalue weighted by molar-refractivity contribution is -0.120. The number of fused-ring (bicyclic) bond motifs is 1. The van der Waals surface area contributed by atoms with Crippen LogP contribution in [-0.2, 0) is 16.0 Å². The first-order chi connectivity index (χ1) is 12.7. The van der Waals surface area contributed by atoms with Crippen molar-refractivity contribution in [2.45, 2.75) is 12.8 Å². The largest absolute Gasteiger partial charge is 0.454 e. The zero-order valence-corrected chi connectivity index (χ0v) is 15.1. The molecular weight excluding hydrogens is 358 g/mol. The highest BCUT2D eigenvalue weighted by molar-refractivity contribution is 7.14. The van der Waals surface area contributed by atoms with Crippen LogP contribution in [0.15, 0.2) is 23.6 Å². The molecule has 2 heterocycles. The molecule has 0 fully saturated rings. The molecule has 8 nitrogen and oxygen atoms in total. The van der Waals surface area contributed by atoms with Gasteiger partial charge in [0.1, 0.15) is 0 Å². The van der Waals surface area contributed by atoms with Crippen molar-refractivity contribution in [3.63, 3.8) is 0 Å². The maximum absolute atomic E-state index is 12.3. The lowest BCUT2D eigenvalue weighted by atomic mass is 10.2. The first-order valence-corrected chi connectivity index (χ1v) is 8.94. The van der Waals surface area contributed by atoms with Gasteiger partial charge in [0.25, 0.3) is 5.91 Å². The number of carbonyl (C=O) groups is 2. The van der Waals surface area contributed by atoms with E-state index in [0.29, 0.717) is 41.0 Å². The van der Waals surface area contributed by atoms with E-state index in [1.807, 2.05) is 0 Å². The van der Waals surface area contributed by atoms with Crippen molar-refractivity contribution in [3.05, 3.63) is 34.8 Å². The smallest absolute Gasteiger partial charge is 0.257 e. The third kappa shape index (κ3) is 4.70. The monoisotopic (exact) mass is 377 g/mol. The fraction of sp³-hybridized carbons (Fsp3) is 0.353. The van der Waals surface area contributed by atoms with Crippen LogP contribution in [0.1, 0.15) is 22.5 Å². The molecule has 0 atom stereocenters. The Morgan fingerprint density at radius 3 is 3.00 bits per heavy atom. The van der Waals surface area contributed by atoms with Crippen LogP contribution >= 0.6 is 11.3 Å². The topological polar surface area (TPSA) is 98.8 Å². The number of ether oxygens (including phenoxy) is 3. The Balaban J connectivity index is 1.51. The van der Waals surface area contributed by atoms with E-state index < -0.39 is 0 Å². The van der Waals surface area contributed by atoms with Crippen LogP contribution in [0.3, 0.4) is 0 Å². The highest BCUT2D eigenvalue weighted by Gasteiger charge is 2.17. The second-order valence-electron chi connectivity index (χ2n) is 5.54. The number of hydrogen-bond donors (Lipinski definition) is 2. The molecule has 1 aromatic heterocycles. The summed E-state index contributed by atoms with van der Waals surface area (Å²) in [7, 11) is 1.62. The van der Waals surface area contributed by atoms with E-state index in [0.717, 1.165) is 6.42 Å². The molecule has 0 aliphatic carbocycles. The molecule has 2 aromatic rings. The molecular formula is C17H19N3O5S. The normalized spacial score (nSPS) is 12.0. The minimum atomic E-state index is -0.298. The molecule has 0 unspecified atom stereocenters. The predicted molar refractivity (Wildman–Crippen MR) is 95.8 cm³/mol. The number of thiazole rings is 1. The van der Waals surface area contributed by atoms with Gasteiger partial charge in [-0.1, -0.05) is 0 Å². The molecule has 1 aliphatic heterocycles. The molecule has 3 rings (SSSR count). The number of hydrogen-bond acceptors (Lipinski definition) is 7. The average Bonchev–Trinajstić information content (AvgIpc) is 3.27. The summed E-state index contributed by atoms with van der Waals surface area (Å²) in [5.41, 5.74) is 1.06. The van der Waals surface area contributed by atoms with Gasteiger partial charge in [0, 0.05) is 31.2 Å². The molecule has 2 N–H and O–H groups in total. The van der Waals surface area contributed by atoms with Crippen LogP contribution in [0.5, 0.6) is 11.5 Å². The minimum absolute atomic E-state index is 0.111. The van der Waals surface area contributed by atoms with Crippen LogP contribution in [0, 0.1) is 0 Å². The number of anilines is 1. The highest BCUT2D eigenvalue weighted by Crippen LogP contribution is 2.32. The molecule has 1 aromatic carbocycles. The number of rotatable bonds is 8. The second-order valence-corrected chi connectivity index (χ2v) is 6.40. The van der Waals surface area contributed by atoms with Gasteiger partial charge in [-0.25, -0.2) is 4.98 Å². The van der Waals surface area contributed by atoms with Gasteiger partial charge in [0.2, 0.25) is 12.7 Å². The molecule has 1 aliphatic rings. The summed E-state index contributed by atoms with van der Waals surface area (Å²) in [6.07, 6.45) is 0.930. The van der Waals surface area contributed by atoms with Crippen LogP contribution in [-0.4, -0.2) is 43.9 Å². The van der Waals surface area contributed by atoms with Crippen LogP contribution in [0.25, 0.3) is 0 Å². The molecule has 0 saturated heterocycles. The molecule has 0 radical (unpaired) electrons. The van der Waals surface area contributed by atoms with Gasteiger partial charge >= 0.3 is 0 Å². The van der Waals surface area contributed by atoms with Crippen molar-refractivity contribution >= 4 is 28.3 Å². The van der Waals surface area contributed by atoms with Gasteiger partial charge in [-0.15, -0.1) is 11.3 Å². The summed E-state index contributed by atoms with van der Waals surface area (Å²) in [5.74, 6) is 0.755. The van der Waals surface area contributed by atoms with Crippen LogP contribution in [0.2, 0.25) is 0 Å². The standard InChI is InChI=1S/C17H19N3O5S/c1-23-6-2-5-18-15(21)8-12-9-26-17(19-12)20-16(22)11-3-4-13-14(7-11)25-10-24-13/h3-4,7,9H,2,5-6,8,10H2,1H3,(H,18,21)(H,19,20,22). The van der Waals surface area contributed by atoms with E-state index in [1.165, 1.54) is 11.3 Å². The minimum Gasteiger partial charge on any atom is -0.454 e. The van der Waals surface area contributed by atoms with Crippen molar-refractivity contribution in [1.29, 1.82) is 0 Å². The molecule has 138 valence electrons. The third-order valence-electron chi connectivity index (χ3n) is 3.60. The Labute approximate surface area is 154 Å². The molecule has 26 heavy (non-hydrogen) atoms.